The van der Waals surface area contributed by atoms with Gasteiger partial charge in [0.15, 0.2) is 11.5 Å². The molecule has 130 valence electrons. The second-order valence-electron chi connectivity index (χ2n) is 6.68. The molecule has 1 amide bonds. The number of fused-ring (bicyclic) bond motifs is 1. The molecule has 5 nitrogen and oxygen atoms in total. The maximum atomic E-state index is 12.6. The maximum Gasteiger partial charge on any atom is 0.226 e. The zero-order valence-corrected chi connectivity index (χ0v) is 14.4. The summed E-state index contributed by atoms with van der Waals surface area (Å²) in [6.07, 6.45) is 3.48. The van der Waals surface area contributed by atoms with Gasteiger partial charge >= 0.3 is 0 Å². The first-order valence-electron chi connectivity index (χ1n) is 8.77. The summed E-state index contributed by atoms with van der Waals surface area (Å²) < 4.78 is 11.2. The van der Waals surface area contributed by atoms with Gasteiger partial charge in [0, 0.05) is 37.8 Å². The van der Waals surface area contributed by atoms with Crippen LogP contribution in [0, 0.1) is 5.92 Å². The van der Waals surface area contributed by atoms with Crippen LogP contribution in [0.2, 0.25) is 0 Å². The van der Waals surface area contributed by atoms with E-state index in [2.05, 4.69) is 11.1 Å². The molecule has 1 aliphatic carbocycles. The molecule has 0 N–H and O–H groups in total. The summed E-state index contributed by atoms with van der Waals surface area (Å²) in [5.74, 6) is 2.18. The normalized spacial score (nSPS) is 20.8. The summed E-state index contributed by atoms with van der Waals surface area (Å²) in [6.45, 7) is 1.87. The number of hydrogen-bond acceptors (Lipinski definition) is 4. The average molecular weight is 338 g/mol. The van der Waals surface area contributed by atoms with E-state index in [0.29, 0.717) is 25.7 Å². The number of carbonyl (C=O) groups excluding carboxylic acids is 1. The van der Waals surface area contributed by atoms with Crippen LogP contribution in [0.3, 0.4) is 0 Å². The number of hydrogen-bond donors (Lipinski definition) is 0. The number of rotatable bonds is 5. The molecule has 2 atom stereocenters. The van der Waals surface area contributed by atoms with Crippen LogP contribution in [0.25, 0.3) is 0 Å². The van der Waals surface area contributed by atoms with Gasteiger partial charge in [-0.1, -0.05) is 12.1 Å². The number of pyridine rings is 1. The Hall–Kier alpha value is -2.56. The van der Waals surface area contributed by atoms with Crippen LogP contribution in [0.15, 0.2) is 42.6 Å². The largest absolute Gasteiger partial charge is 0.486 e. The first-order valence-corrected chi connectivity index (χ1v) is 8.77. The number of carbonyl (C=O) groups is 1. The van der Waals surface area contributed by atoms with Crippen molar-refractivity contribution in [2.45, 2.75) is 18.8 Å². The highest BCUT2D eigenvalue weighted by atomic mass is 16.6. The Balaban J connectivity index is 1.35. The zero-order chi connectivity index (χ0) is 17.2. The third-order valence-electron chi connectivity index (χ3n) is 4.91. The third-order valence-corrected chi connectivity index (χ3v) is 4.91. The van der Waals surface area contributed by atoms with Crippen molar-refractivity contribution in [2.24, 2.45) is 5.92 Å². The lowest BCUT2D eigenvalue weighted by molar-refractivity contribution is -0.131. The topological polar surface area (TPSA) is 51.7 Å². The Morgan fingerprint density at radius 2 is 2.04 bits per heavy atom. The van der Waals surface area contributed by atoms with E-state index in [1.54, 1.807) is 6.20 Å². The molecule has 2 heterocycles. The Labute approximate surface area is 147 Å². The second-order valence-corrected chi connectivity index (χ2v) is 6.68. The molecule has 4 rings (SSSR count). The van der Waals surface area contributed by atoms with Gasteiger partial charge in [-0.05, 0) is 42.2 Å². The standard InChI is InChI=1S/C20H22N2O3/c1-22(9-7-15-4-2-3-8-21-15)20(23)17-13-16(17)14-5-6-18-19(12-14)25-11-10-24-18/h2-6,8,12,16-17H,7,9-11,13H2,1H3/t16-,17-/m0/s1. The summed E-state index contributed by atoms with van der Waals surface area (Å²) in [4.78, 5) is 18.8. The Morgan fingerprint density at radius 1 is 1.20 bits per heavy atom. The first kappa shape index (κ1) is 15.9. The summed E-state index contributed by atoms with van der Waals surface area (Å²) >= 11 is 0. The Kier molecular flexibility index (Phi) is 4.30. The van der Waals surface area contributed by atoms with Crippen molar-refractivity contribution in [3.8, 4) is 11.5 Å². The highest BCUT2D eigenvalue weighted by Gasteiger charge is 2.45. The molecule has 1 aromatic carbocycles. The molecular formula is C20H22N2O3. The lowest BCUT2D eigenvalue weighted by Gasteiger charge is -2.19. The number of amides is 1. The number of likely N-dealkylation sites (N-methyl/N-ethyl adjacent to an activating group) is 1. The minimum absolute atomic E-state index is 0.0799. The summed E-state index contributed by atoms with van der Waals surface area (Å²) in [7, 11) is 1.88. The van der Waals surface area contributed by atoms with Crippen molar-refractivity contribution in [3.63, 3.8) is 0 Å². The van der Waals surface area contributed by atoms with Gasteiger partial charge in [-0.15, -0.1) is 0 Å². The maximum absolute atomic E-state index is 12.6. The number of ether oxygens (including phenoxy) is 2. The number of aromatic nitrogens is 1. The van der Waals surface area contributed by atoms with E-state index in [4.69, 9.17) is 9.47 Å². The van der Waals surface area contributed by atoms with Crippen LogP contribution < -0.4 is 9.47 Å². The summed E-state index contributed by atoms with van der Waals surface area (Å²) in [5.41, 5.74) is 2.18. The molecular weight excluding hydrogens is 316 g/mol. The Bertz CT molecular complexity index is 763. The first-order chi connectivity index (χ1) is 12.2. The molecule has 1 saturated carbocycles. The van der Waals surface area contributed by atoms with Gasteiger partial charge in [-0.25, -0.2) is 0 Å². The van der Waals surface area contributed by atoms with Gasteiger partial charge in [0.25, 0.3) is 0 Å². The molecule has 0 bridgehead atoms. The van der Waals surface area contributed by atoms with E-state index in [0.717, 1.165) is 30.0 Å². The molecule has 1 aliphatic heterocycles. The molecule has 2 aromatic rings. The van der Waals surface area contributed by atoms with E-state index in [-0.39, 0.29) is 11.8 Å². The molecule has 1 aromatic heterocycles. The fraction of sp³-hybridized carbons (Fsp3) is 0.400. The molecule has 0 unspecified atom stereocenters. The van der Waals surface area contributed by atoms with E-state index >= 15 is 0 Å². The summed E-state index contributed by atoms with van der Waals surface area (Å²) in [5, 5.41) is 0. The van der Waals surface area contributed by atoms with Gasteiger partial charge in [0.05, 0.1) is 0 Å². The van der Waals surface area contributed by atoms with Crippen LogP contribution >= 0.6 is 0 Å². The molecule has 1 fully saturated rings. The van der Waals surface area contributed by atoms with E-state index in [1.165, 1.54) is 5.56 Å². The predicted molar refractivity (Wildman–Crippen MR) is 93.9 cm³/mol. The highest BCUT2D eigenvalue weighted by Crippen LogP contribution is 2.50. The molecule has 0 radical (unpaired) electrons. The fourth-order valence-corrected chi connectivity index (χ4v) is 3.35. The van der Waals surface area contributed by atoms with Crippen LogP contribution in [0.4, 0.5) is 0 Å². The van der Waals surface area contributed by atoms with E-state index in [9.17, 15) is 4.79 Å². The fourth-order valence-electron chi connectivity index (χ4n) is 3.35. The quantitative estimate of drug-likeness (QED) is 0.841. The van der Waals surface area contributed by atoms with Crippen LogP contribution in [0.1, 0.15) is 23.6 Å². The molecule has 5 heteroatoms. The van der Waals surface area contributed by atoms with Crippen LogP contribution in [-0.2, 0) is 11.2 Å². The number of nitrogens with zero attached hydrogens (tertiary/aromatic N) is 2. The van der Waals surface area contributed by atoms with Crippen LogP contribution in [-0.4, -0.2) is 42.6 Å². The highest BCUT2D eigenvalue weighted by molar-refractivity contribution is 5.82. The Morgan fingerprint density at radius 3 is 2.84 bits per heavy atom. The van der Waals surface area contributed by atoms with E-state index in [1.807, 2.05) is 42.3 Å². The zero-order valence-electron chi connectivity index (χ0n) is 14.4. The minimum Gasteiger partial charge on any atom is -0.486 e. The number of benzene rings is 1. The van der Waals surface area contributed by atoms with Gasteiger partial charge in [0.1, 0.15) is 13.2 Å². The SMILES string of the molecule is CN(CCc1ccccn1)C(=O)[C@H]1C[C@H]1c1ccc2c(c1)OCCO2. The second kappa shape index (κ2) is 6.75. The molecule has 0 spiro atoms. The van der Waals surface area contributed by atoms with Crippen molar-refractivity contribution in [1.82, 2.24) is 9.88 Å². The van der Waals surface area contributed by atoms with Crippen molar-refractivity contribution >= 4 is 5.91 Å². The lowest BCUT2D eigenvalue weighted by Crippen LogP contribution is -2.30. The van der Waals surface area contributed by atoms with E-state index < -0.39 is 0 Å². The van der Waals surface area contributed by atoms with Gasteiger partial charge < -0.3 is 14.4 Å². The van der Waals surface area contributed by atoms with Crippen molar-refractivity contribution < 1.29 is 14.3 Å². The predicted octanol–water partition coefficient (Wildman–Crippen LogP) is 2.66. The lowest BCUT2D eigenvalue weighted by atomic mass is 10.1. The minimum atomic E-state index is 0.0799. The van der Waals surface area contributed by atoms with Gasteiger partial charge in [-0.3, -0.25) is 9.78 Å². The average Bonchev–Trinajstić information content (AvgIpc) is 3.47. The molecule has 2 aliphatic rings. The van der Waals surface area contributed by atoms with Gasteiger partial charge in [0.2, 0.25) is 5.91 Å². The molecule has 25 heavy (non-hydrogen) atoms. The van der Waals surface area contributed by atoms with Crippen molar-refractivity contribution in [3.05, 3.63) is 53.9 Å². The summed E-state index contributed by atoms with van der Waals surface area (Å²) in [6, 6.07) is 11.9. The smallest absolute Gasteiger partial charge is 0.226 e. The monoisotopic (exact) mass is 338 g/mol. The van der Waals surface area contributed by atoms with Gasteiger partial charge in [-0.2, -0.15) is 0 Å². The molecule has 0 saturated heterocycles. The van der Waals surface area contributed by atoms with Crippen LogP contribution in [0.5, 0.6) is 11.5 Å². The third kappa shape index (κ3) is 3.45. The van der Waals surface area contributed by atoms with Crippen molar-refractivity contribution in [1.29, 1.82) is 0 Å². The van der Waals surface area contributed by atoms with Crippen molar-refractivity contribution in [2.75, 3.05) is 26.8 Å².